The van der Waals surface area contributed by atoms with E-state index < -0.39 is 6.10 Å². The molecule has 0 aliphatic rings. The molecule has 114 valence electrons. The van der Waals surface area contributed by atoms with Crippen LogP contribution in [0.3, 0.4) is 0 Å². The summed E-state index contributed by atoms with van der Waals surface area (Å²) in [5.41, 5.74) is 4.26. The predicted octanol–water partition coefficient (Wildman–Crippen LogP) is 2.95. The number of aliphatic hydroxyl groups is 1. The molecule has 0 fully saturated rings. The first-order chi connectivity index (χ1) is 9.92. The van der Waals surface area contributed by atoms with Crippen LogP contribution in [-0.2, 0) is 19.9 Å². The fraction of sp³-hybridized carbons (Fsp3) is 0.438. The van der Waals surface area contributed by atoms with Gasteiger partial charge < -0.3 is 9.84 Å². The number of hydrogen-bond donors (Lipinski definition) is 1. The van der Waals surface area contributed by atoms with Crippen LogP contribution in [0.2, 0.25) is 0 Å². The van der Waals surface area contributed by atoms with Crippen LogP contribution in [0.15, 0.2) is 22.7 Å². The van der Waals surface area contributed by atoms with E-state index in [0.29, 0.717) is 12.8 Å². The third kappa shape index (κ3) is 3.66. The van der Waals surface area contributed by atoms with Crippen molar-refractivity contribution in [2.75, 3.05) is 7.11 Å². The molecule has 5 heteroatoms. The van der Waals surface area contributed by atoms with Gasteiger partial charge in [0.2, 0.25) is 0 Å². The fourth-order valence-electron chi connectivity index (χ4n) is 2.51. The van der Waals surface area contributed by atoms with Crippen molar-refractivity contribution < 1.29 is 9.84 Å². The number of rotatable bonds is 5. The highest BCUT2D eigenvalue weighted by molar-refractivity contribution is 9.10. The van der Waals surface area contributed by atoms with E-state index in [0.717, 1.165) is 32.7 Å². The van der Waals surface area contributed by atoms with Crippen LogP contribution in [0.1, 0.15) is 22.5 Å². The molecule has 0 aliphatic heterocycles. The van der Waals surface area contributed by atoms with Gasteiger partial charge in [0.1, 0.15) is 5.75 Å². The highest BCUT2D eigenvalue weighted by Crippen LogP contribution is 2.25. The Morgan fingerprint density at radius 3 is 2.62 bits per heavy atom. The van der Waals surface area contributed by atoms with E-state index in [9.17, 15) is 5.11 Å². The van der Waals surface area contributed by atoms with Gasteiger partial charge in [-0.25, -0.2) is 0 Å². The first-order valence-corrected chi connectivity index (χ1v) is 7.71. The van der Waals surface area contributed by atoms with Gasteiger partial charge in [-0.15, -0.1) is 0 Å². The average Bonchev–Trinajstić information content (AvgIpc) is 2.68. The Hall–Kier alpha value is -1.33. The zero-order valence-electron chi connectivity index (χ0n) is 12.9. The summed E-state index contributed by atoms with van der Waals surface area (Å²) in [6.45, 7) is 4.01. The number of ether oxygens (including phenoxy) is 1. The van der Waals surface area contributed by atoms with E-state index in [1.165, 1.54) is 0 Å². The van der Waals surface area contributed by atoms with E-state index in [1.54, 1.807) is 7.11 Å². The maximum Gasteiger partial charge on any atom is 0.119 e. The Morgan fingerprint density at radius 2 is 2.05 bits per heavy atom. The Balaban J connectivity index is 2.13. The van der Waals surface area contributed by atoms with Gasteiger partial charge in [0.25, 0.3) is 0 Å². The van der Waals surface area contributed by atoms with E-state index in [-0.39, 0.29) is 0 Å². The highest BCUT2D eigenvalue weighted by Gasteiger charge is 2.16. The van der Waals surface area contributed by atoms with Crippen molar-refractivity contribution in [3.63, 3.8) is 0 Å². The maximum absolute atomic E-state index is 10.4. The molecule has 0 aliphatic carbocycles. The topological polar surface area (TPSA) is 47.3 Å². The lowest BCUT2D eigenvalue weighted by molar-refractivity contribution is 0.174. The molecule has 1 N–H and O–H groups in total. The minimum atomic E-state index is -0.449. The summed E-state index contributed by atoms with van der Waals surface area (Å²) >= 11 is 3.52. The number of aliphatic hydroxyl groups excluding tert-OH is 1. The summed E-state index contributed by atoms with van der Waals surface area (Å²) in [7, 11) is 3.57. The molecule has 1 heterocycles. The first-order valence-electron chi connectivity index (χ1n) is 6.92. The number of methoxy groups -OCH3 is 1. The molecule has 0 bridgehead atoms. The fourth-order valence-corrected chi connectivity index (χ4v) is 2.92. The van der Waals surface area contributed by atoms with Crippen molar-refractivity contribution in [3.8, 4) is 5.75 Å². The van der Waals surface area contributed by atoms with Gasteiger partial charge in [-0.3, -0.25) is 4.68 Å². The quantitative estimate of drug-likeness (QED) is 0.899. The van der Waals surface area contributed by atoms with Crippen LogP contribution in [0.5, 0.6) is 5.75 Å². The van der Waals surface area contributed by atoms with Gasteiger partial charge in [0.05, 0.1) is 18.9 Å². The Bertz CT molecular complexity index is 637. The number of aromatic nitrogens is 2. The van der Waals surface area contributed by atoms with Crippen molar-refractivity contribution in [1.29, 1.82) is 0 Å². The number of hydrogen-bond acceptors (Lipinski definition) is 3. The number of benzene rings is 1. The maximum atomic E-state index is 10.4. The van der Waals surface area contributed by atoms with Crippen LogP contribution in [0.4, 0.5) is 0 Å². The molecule has 4 nitrogen and oxygen atoms in total. The standard InChI is InChI=1S/C16H21BrN2O2/c1-10-15(11(2)19(3)18-10)9-13(20)7-12-8-14(21-4)5-6-16(12)17/h5-6,8,13,20H,7,9H2,1-4H3. The molecule has 21 heavy (non-hydrogen) atoms. The van der Waals surface area contributed by atoms with Crippen LogP contribution >= 0.6 is 15.9 Å². The third-order valence-corrected chi connectivity index (χ3v) is 4.58. The lowest BCUT2D eigenvalue weighted by Gasteiger charge is -2.13. The third-order valence-electron chi connectivity index (χ3n) is 3.81. The van der Waals surface area contributed by atoms with Crippen molar-refractivity contribution in [2.24, 2.45) is 7.05 Å². The Kier molecular flexibility index (Phi) is 5.06. The lowest BCUT2D eigenvalue weighted by Crippen LogP contribution is -2.15. The lowest BCUT2D eigenvalue weighted by atomic mass is 10.00. The summed E-state index contributed by atoms with van der Waals surface area (Å²) in [6.07, 6.45) is 0.732. The molecule has 0 amide bonds. The average molecular weight is 353 g/mol. The zero-order chi connectivity index (χ0) is 15.6. The van der Waals surface area contributed by atoms with Crippen LogP contribution in [0, 0.1) is 13.8 Å². The first kappa shape index (κ1) is 16.0. The molecule has 1 unspecified atom stereocenters. The molecular formula is C16H21BrN2O2. The van der Waals surface area contributed by atoms with E-state index in [1.807, 2.05) is 43.8 Å². The minimum Gasteiger partial charge on any atom is -0.497 e. The van der Waals surface area contributed by atoms with E-state index in [2.05, 4.69) is 21.0 Å². The SMILES string of the molecule is COc1ccc(Br)c(CC(O)Cc2c(C)nn(C)c2C)c1. The summed E-state index contributed by atoms with van der Waals surface area (Å²) in [5, 5.41) is 14.8. The molecule has 1 atom stereocenters. The summed E-state index contributed by atoms with van der Waals surface area (Å²) in [4.78, 5) is 0. The largest absolute Gasteiger partial charge is 0.497 e. The number of halogens is 1. The summed E-state index contributed by atoms with van der Waals surface area (Å²) in [6, 6.07) is 5.80. The van der Waals surface area contributed by atoms with Gasteiger partial charge in [-0.1, -0.05) is 15.9 Å². The summed E-state index contributed by atoms with van der Waals surface area (Å²) < 4.78 is 8.08. The molecule has 1 aromatic carbocycles. The normalized spacial score (nSPS) is 12.5. The van der Waals surface area contributed by atoms with Gasteiger partial charge in [0, 0.05) is 23.6 Å². The molecule has 2 rings (SSSR count). The molecular weight excluding hydrogens is 332 g/mol. The van der Waals surface area contributed by atoms with Gasteiger partial charge >= 0.3 is 0 Å². The smallest absolute Gasteiger partial charge is 0.119 e. The summed E-state index contributed by atoms with van der Waals surface area (Å²) in [5.74, 6) is 0.800. The molecule has 0 spiro atoms. The van der Waals surface area contributed by atoms with Crippen molar-refractivity contribution >= 4 is 15.9 Å². The highest BCUT2D eigenvalue weighted by atomic mass is 79.9. The molecule has 1 aromatic heterocycles. The van der Waals surface area contributed by atoms with E-state index in [4.69, 9.17) is 4.74 Å². The number of aryl methyl sites for hydroxylation is 2. The van der Waals surface area contributed by atoms with Gasteiger partial charge in [-0.05, 0) is 49.6 Å². The second-order valence-electron chi connectivity index (χ2n) is 5.29. The monoisotopic (exact) mass is 352 g/mol. The van der Waals surface area contributed by atoms with Crippen LogP contribution in [-0.4, -0.2) is 28.1 Å². The van der Waals surface area contributed by atoms with E-state index >= 15 is 0 Å². The predicted molar refractivity (Wildman–Crippen MR) is 86.8 cm³/mol. The Labute approximate surface area is 133 Å². The van der Waals surface area contributed by atoms with Gasteiger partial charge in [-0.2, -0.15) is 5.10 Å². The van der Waals surface area contributed by atoms with Crippen molar-refractivity contribution in [3.05, 3.63) is 45.2 Å². The Morgan fingerprint density at radius 1 is 1.33 bits per heavy atom. The van der Waals surface area contributed by atoms with Crippen LogP contribution < -0.4 is 4.74 Å². The number of nitrogens with zero attached hydrogens (tertiary/aromatic N) is 2. The van der Waals surface area contributed by atoms with Crippen molar-refractivity contribution in [1.82, 2.24) is 9.78 Å². The molecule has 0 saturated carbocycles. The minimum absolute atomic E-state index is 0.449. The van der Waals surface area contributed by atoms with Crippen LogP contribution in [0.25, 0.3) is 0 Å². The second-order valence-corrected chi connectivity index (χ2v) is 6.15. The second kappa shape index (κ2) is 6.62. The molecule has 0 radical (unpaired) electrons. The zero-order valence-corrected chi connectivity index (χ0v) is 14.4. The van der Waals surface area contributed by atoms with Gasteiger partial charge in [0.15, 0.2) is 0 Å². The van der Waals surface area contributed by atoms with Crippen molar-refractivity contribution in [2.45, 2.75) is 32.8 Å². The molecule has 2 aromatic rings. The molecule has 0 saturated heterocycles.